The maximum absolute atomic E-state index is 13.0. The average molecular weight is 386 g/mol. The molecule has 1 aliphatic rings. The molecule has 142 valence electrons. The summed E-state index contributed by atoms with van der Waals surface area (Å²) in [5.74, 6) is 0.661. The number of hydrogen-bond donors (Lipinski definition) is 0. The van der Waals surface area contributed by atoms with Crippen molar-refractivity contribution in [2.75, 3.05) is 6.54 Å². The zero-order valence-corrected chi connectivity index (χ0v) is 16.4. The topological polar surface area (TPSA) is 76.8 Å². The fourth-order valence-corrected chi connectivity index (χ4v) is 4.76. The number of fused-ring (bicyclic) bond motifs is 3. The van der Waals surface area contributed by atoms with Gasteiger partial charge in [-0.25, -0.2) is 17.9 Å². The number of benzene rings is 1. The molecule has 0 fully saturated rings. The quantitative estimate of drug-likeness (QED) is 0.689. The van der Waals surface area contributed by atoms with Crippen molar-refractivity contribution in [3.63, 3.8) is 0 Å². The Morgan fingerprint density at radius 2 is 1.93 bits per heavy atom. The van der Waals surface area contributed by atoms with Crippen molar-refractivity contribution in [3.05, 3.63) is 53.5 Å². The molecule has 0 unspecified atom stereocenters. The fraction of sp³-hybridized carbons (Fsp3) is 0.368. The second kappa shape index (κ2) is 6.61. The summed E-state index contributed by atoms with van der Waals surface area (Å²) < 4.78 is 35.0. The molecule has 0 N–H and O–H groups in total. The predicted octanol–water partition coefficient (Wildman–Crippen LogP) is 2.57. The van der Waals surface area contributed by atoms with Crippen LogP contribution in [-0.2, 0) is 23.0 Å². The normalized spacial score (nSPS) is 15.3. The van der Waals surface area contributed by atoms with Gasteiger partial charge in [-0.3, -0.25) is 0 Å². The van der Waals surface area contributed by atoms with Crippen molar-refractivity contribution in [3.8, 4) is 5.75 Å². The lowest BCUT2D eigenvalue weighted by atomic mass is 10.1. The van der Waals surface area contributed by atoms with E-state index in [-0.39, 0.29) is 11.0 Å². The monoisotopic (exact) mass is 386 g/mol. The van der Waals surface area contributed by atoms with E-state index in [1.807, 2.05) is 31.4 Å². The van der Waals surface area contributed by atoms with Crippen LogP contribution < -0.4 is 4.74 Å². The molecule has 0 saturated carbocycles. The molecular formula is C19H22N4O3S. The fourth-order valence-electron chi connectivity index (χ4n) is 3.35. The van der Waals surface area contributed by atoms with Crippen LogP contribution >= 0.6 is 0 Å². The molecule has 0 aliphatic carbocycles. The van der Waals surface area contributed by atoms with Crippen molar-refractivity contribution >= 4 is 15.7 Å². The van der Waals surface area contributed by atoms with E-state index < -0.39 is 10.0 Å². The van der Waals surface area contributed by atoms with Crippen molar-refractivity contribution < 1.29 is 13.2 Å². The van der Waals surface area contributed by atoms with Gasteiger partial charge in [0.15, 0.2) is 5.65 Å². The van der Waals surface area contributed by atoms with Gasteiger partial charge in [0.05, 0.1) is 22.4 Å². The van der Waals surface area contributed by atoms with E-state index in [1.54, 1.807) is 30.5 Å². The molecule has 0 radical (unpaired) electrons. The first-order valence-electron chi connectivity index (χ1n) is 8.94. The highest BCUT2D eigenvalue weighted by Crippen LogP contribution is 2.26. The molecule has 0 amide bonds. The Morgan fingerprint density at radius 1 is 1.19 bits per heavy atom. The van der Waals surface area contributed by atoms with Crippen LogP contribution in [-0.4, -0.2) is 40.0 Å². The number of ether oxygens (including phenoxy) is 1. The van der Waals surface area contributed by atoms with Crippen molar-refractivity contribution in [2.45, 2.75) is 44.7 Å². The summed E-state index contributed by atoms with van der Waals surface area (Å²) >= 11 is 0. The molecule has 2 aromatic heterocycles. The number of aryl methyl sites for hydroxylation is 1. The van der Waals surface area contributed by atoms with Gasteiger partial charge in [0, 0.05) is 37.3 Å². The van der Waals surface area contributed by atoms with Gasteiger partial charge < -0.3 is 4.74 Å². The minimum absolute atomic E-state index is 0.0429. The number of nitrogens with zero attached hydrogens (tertiary/aromatic N) is 4. The van der Waals surface area contributed by atoms with E-state index in [1.165, 1.54) is 4.31 Å². The molecule has 27 heavy (non-hydrogen) atoms. The minimum Gasteiger partial charge on any atom is -0.491 e. The SMILES string of the molecule is Cc1cc2ncc3c(n2n1)CCN(S(=O)(=O)c1ccc(OC(C)C)cc1)C3. The van der Waals surface area contributed by atoms with Gasteiger partial charge in [-0.05, 0) is 45.0 Å². The van der Waals surface area contributed by atoms with Crippen LogP contribution in [0.2, 0.25) is 0 Å². The molecule has 0 atom stereocenters. The maximum Gasteiger partial charge on any atom is 0.243 e. The number of rotatable bonds is 4. The van der Waals surface area contributed by atoms with Crippen LogP contribution in [0.25, 0.3) is 5.65 Å². The molecular weight excluding hydrogens is 364 g/mol. The zero-order valence-electron chi connectivity index (χ0n) is 15.6. The van der Waals surface area contributed by atoms with Gasteiger partial charge in [-0.2, -0.15) is 9.40 Å². The third-order valence-electron chi connectivity index (χ3n) is 4.57. The summed E-state index contributed by atoms with van der Waals surface area (Å²) in [5, 5.41) is 4.48. The average Bonchev–Trinajstić information content (AvgIpc) is 3.02. The third kappa shape index (κ3) is 3.30. The summed E-state index contributed by atoms with van der Waals surface area (Å²) in [4.78, 5) is 4.68. The molecule has 4 rings (SSSR count). The van der Waals surface area contributed by atoms with Crippen LogP contribution in [0.3, 0.4) is 0 Å². The first kappa shape index (κ1) is 17.9. The molecule has 3 aromatic rings. The number of aromatic nitrogens is 3. The molecule has 1 aromatic carbocycles. The predicted molar refractivity (Wildman–Crippen MR) is 101 cm³/mol. The summed E-state index contributed by atoms with van der Waals surface area (Å²) in [6.07, 6.45) is 2.40. The van der Waals surface area contributed by atoms with E-state index in [9.17, 15) is 8.42 Å². The highest BCUT2D eigenvalue weighted by Gasteiger charge is 2.30. The van der Waals surface area contributed by atoms with E-state index in [0.29, 0.717) is 25.3 Å². The number of sulfonamides is 1. The van der Waals surface area contributed by atoms with Gasteiger partial charge in [0.2, 0.25) is 10.0 Å². The summed E-state index contributed by atoms with van der Waals surface area (Å²) in [7, 11) is -3.58. The first-order valence-corrected chi connectivity index (χ1v) is 10.4. The standard InChI is InChI=1S/C19H22N4O3S/c1-13(2)26-16-4-6-17(7-5-16)27(24,25)22-9-8-18-15(12-22)11-20-19-10-14(3)21-23(18)19/h4-7,10-11,13H,8-9,12H2,1-3H3. The second-order valence-corrected chi connectivity index (χ2v) is 8.95. The van der Waals surface area contributed by atoms with Crippen molar-refractivity contribution in [1.82, 2.24) is 18.9 Å². The Morgan fingerprint density at radius 3 is 2.63 bits per heavy atom. The highest BCUT2D eigenvalue weighted by atomic mass is 32.2. The van der Waals surface area contributed by atoms with E-state index >= 15 is 0 Å². The molecule has 8 heteroatoms. The lowest BCUT2D eigenvalue weighted by Crippen LogP contribution is -2.37. The first-order chi connectivity index (χ1) is 12.8. The highest BCUT2D eigenvalue weighted by molar-refractivity contribution is 7.89. The van der Waals surface area contributed by atoms with Gasteiger partial charge in [-0.1, -0.05) is 0 Å². The van der Waals surface area contributed by atoms with Crippen LogP contribution in [0, 0.1) is 6.92 Å². The van der Waals surface area contributed by atoms with Gasteiger partial charge >= 0.3 is 0 Å². The maximum atomic E-state index is 13.0. The van der Waals surface area contributed by atoms with E-state index in [2.05, 4.69) is 10.1 Å². The Labute approximate surface area is 158 Å². The minimum atomic E-state index is -3.58. The largest absolute Gasteiger partial charge is 0.491 e. The van der Waals surface area contributed by atoms with E-state index in [0.717, 1.165) is 22.6 Å². The van der Waals surface area contributed by atoms with Crippen LogP contribution in [0.15, 0.2) is 41.4 Å². The smallest absolute Gasteiger partial charge is 0.243 e. The van der Waals surface area contributed by atoms with Crippen LogP contribution in [0.5, 0.6) is 5.75 Å². The van der Waals surface area contributed by atoms with Gasteiger partial charge in [0.25, 0.3) is 0 Å². The van der Waals surface area contributed by atoms with Crippen LogP contribution in [0.4, 0.5) is 0 Å². The summed E-state index contributed by atoms with van der Waals surface area (Å²) in [5.41, 5.74) is 3.61. The molecule has 1 aliphatic heterocycles. The van der Waals surface area contributed by atoms with E-state index in [4.69, 9.17) is 4.74 Å². The lowest BCUT2D eigenvalue weighted by Gasteiger charge is -2.28. The second-order valence-electron chi connectivity index (χ2n) is 7.01. The van der Waals surface area contributed by atoms with Gasteiger partial charge in [0.1, 0.15) is 5.75 Å². The third-order valence-corrected chi connectivity index (χ3v) is 6.43. The molecule has 0 bridgehead atoms. The summed E-state index contributed by atoms with van der Waals surface area (Å²) in [6, 6.07) is 8.51. The number of hydrogen-bond acceptors (Lipinski definition) is 5. The Hall–Kier alpha value is -2.45. The van der Waals surface area contributed by atoms with Gasteiger partial charge in [-0.15, -0.1) is 0 Å². The molecule has 7 nitrogen and oxygen atoms in total. The molecule has 0 spiro atoms. The zero-order chi connectivity index (χ0) is 19.2. The van der Waals surface area contributed by atoms with Crippen molar-refractivity contribution in [1.29, 1.82) is 0 Å². The van der Waals surface area contributed by atoms with Crippen molar-refractivity contribution in [2.24, 2.45) is 0 Å². The van der Waals surface area contributed by atoms with Crippen LogP contribution in [0.1, 0.15) is 30.8 Å². The Kier molecular flexibility index (Phi) is 4.39. The Bertz CT molecular complexity index is 1090. The molecule has 3 heterocycles. The molecule has 0 saturated heterocycles. The Balaban J connectivity index is 1.61. The summed E-state index contributed by atoms with van der Waals surface area (Å²) in [6.45, 7) is 6.50. The lowest BCUT2D eigenvalue weighted by molar-refractivity contribution is 0.242.